The van der Waals surface area contributed by atoms with E-state index >= 15 is 0 Å². The molecule has 1 fully saturated rings. The summed E-state index contributed by atoms with van der Waals surface area (Å²) in [5.41, 5.74) is 0.701. The molecule has 0 aromatic heterocycles. The molecule has 1 amide bonds. The van der Waals surface area contributed by atoms with Gasteiger partial charge in [-0.15, -0.1) is 0 Å². The van der Waals surface area contributed by atoms with Crippen molar-refractivity contribution >= 4 is 29.2 Å². The lowest BCUT2D eigenvalue weighted by atomic mass is 9.73. The van der Waals surface area contributed by atoms with Gasteiger partial charge in [0.1, 0.15) is 11.3 Å². The highest BCUT2D eigenvalue weighted by atomic mass is 35.5. The van der Waals surface area contributed by atoms with Crippen molar-refractivity contribution in [3.8, 4) is 5.75 Å². The molecule has 0 spiro atoms. The predicted molar refractivity (Wildman–Crippen MR) is 115 cm³/mol. The molecule has 0 radical (unpaired) electrons. The summed E-state index contributed by atoms with van der Waals surface area (Å²) in [4.78, 5) is 25.7. The van der Waals surface area contributed by atoms with E-state index < -0.39 is 11.4 Å². The third-order valence-corrected chi connectivity index (χ3v) is 5.51. The Morgan fingerprint density at radius 3 is 2.47 bits per heavy atom. The van der Waals surface area contributed by atoms with Crippen molar-refractivity contribution in [3.05, 3.63) is 58.6 Å². The highest BCUT2D eigenvalue weighted by Gasteiger charge is 2.43. The molecule has 0 aliphatic carbocycles. The lowest BCUT2D eigenvalue weighted by molar-refractivity contribution is -0.125. The van der Waals surface area contributed by atoms with Crippen molar-refractivity contribution in [1.82, 2.24) is 0 Å². The Hall–Kier alpha value is -2.57. The number of amides is 1. The lowest BCUT2D eigenvalue weighted by Gasteiger charge is -2.36. The Kier molecular flexibility index (Phi) is 7.00. The van der Waals surface area contributed by atoms with Crippen molar-refractivity contribution in [1.29, 1.82) is 0 Å². The molecule has 1 N–H and O–H groups in total. The number of hydrogen-bond donors (Lipinski definition) is 1. The summed E-state index contributed by atoms with van der Waals surface area (Å²) >= 11 is 6.45. The van der Waals surface area contributed by atoms with Crippen molar-refractivity contribution in [2.75, 3.05) is 25.6 Å². The highest BCUT2D eigenvalue weighted by Crippen LogP contribution is 2.40. The number of ether oxygens (including phenoxy) is 3. The van der Waals surface area contributed by atoms with E-state index in [4.69, 9.17) is 25.8 Å². The summed E-state index contributed by atoms with van der Waals surface area (Å²) < 4.78 is 16.1. The molecule has 0 saturated carbocycles. The van der Waals surface area contributed by atoms with Crippen molar-refractivity contribution < 1.29 is 23.8 Å². The lowest BCUT2D eigenvalue weighted by Crippen LogP contribution is -2.45. The predicted octanol–water partition coefficient (Wildman–Crippen LogP) is 4.60. The molecule has 2 aromatic carbocycles. The third-order valence-electron chi connectivity index (χ3n) is 5.18. The van der Waals surface area contributed by atoms with Crippen LogP contribution in [-0.4, -0.2) is 38.3 Å². The number of hydrogen-bond acceptors (Lipinski definition) is 5. The standard InChI is InChI=1S/C23H26ClNO5/c1-15(2)30-20-9-8-16(14-17(20)21(26)28-3)25-22(27)23(10-12-29-13-11-23)18-6-4-5-7-19(18)24/h4-9,14-15H,10-13H2,1-3H3,(H,25,27). The van der Waals surface area contributed by atoms with E-state index in [0.29, 0.717) is 42.5 Å². The highest BCUT2D eigenvalue weighted by molar-refractivity contribution is 6.31. The Morgan fingerprint density at radius 1 is 1.13 bits per heavy atom. The number of carbonyl (C=O) groups excluding carboxylic acids is 2. The van der Waals surface area contributed by atoms with Gasteiger partial charge in [0.15, 0.2) is 0 Å². The minimum absolute atomic E-state index is 0.112. The third kappa shape index (κ3) is 4.60. The van der Waals surface area contributed by atoms with Crippen LogP contribution in [0.2, 0.25) is 5.02 Å². The molecule has 1 aliphatic rings. The summed E-state index contributed by atoms with van der Waals surface area (Å²) in [7, 11) is 1.31. The summed E-state index contributed by atoms with van der Waals surface area (Å²) in [5.74, 6) is -0.317. The molecular weight excluding hydrogens is 406 g/mol. The van der Waals surface area contributed by atoms with Crippen LogP contribution in [0.25, 0.3) is 0 Å². The molecule has 1 heterocycles. The first kappa shape index (κ1) is 22.1. The van der Waals surface area contributed by atoms with Gasteiger partial charge in [0, 0.05) is 23.9 Å². The van der Waals surface area contributed by atoms with Crippen LogP contribution >= 0.6 is 11.6 Å². The Balaban J connectivity index is 1.94. The van der Waals surface area contributed by atoms with Crippen molar-refractivity contribution in [3.63, 3.8) is 0 Å². The van der Waals surface area contributed by atoms with E-state index in [1.165, 1.54) is 7.11 Å². The average molecular weight is 432 g/mol. The first-order valence-corrected chi connectivity index (χ1v) is 10.3. The van der Waals surface area contributed by atoms with Crippen LogP contribution < -0.4 is 10.1 Å². The van der Waals surface area contributed by atoms with Gasteiger partial charge in [0.05, 0.1) is 18.6 Å². The number of esters is 1. The number of rotatable bonds is 6. The number of halogens is 1. The molecule has 7 heteroatoms. The molecule has 3 rings (SSSR count). The zero-order chi connectivity index (χ0) is 21.7. The molecule has 0 unspecified atom stereocenters. The van der Waals surface area contributed by atoms with Crippen LogP contribution in [-0.2, 0) is 19.7 Å². The molecule has 0 bridgehead atoms. The van der Waals surface area contributed by atoms with E-state index in [1.54, 1.807) is 24.3 Å². The van der Waals surface area contributed by atoms with Gasteiger partial charge in [0.25, 0.3) is 0 Å². The SMILES string of the molecule is COC(=O)c1cc(NC(=O)C2(c3ccccc3Cl)CCOCC2)ccc1OC(C)C. The number of carbonyl (C=O) groups is 2. The largest absolute Gasteiger partial charge is 0.490 e. The van der Waals surface area contributed by atoms with Gasteiger partial charge in [-0.1, -0.05) is 29.8 Å². The molecule has 2 aromatic rings. The fourth-order valence-electron chi connectivity index (χ4n) is 3.67. The van der Waals surface area contributed by atoms with Crippen LogP contribution in [0.15, 0.2) is 42.5 Å². The summed E-state index contributed by atoms with van der Waals surface area (Å²) in [5, 5.41) is 3.51. The number of benzene rings is 2. The fourth-order valence-corrected chi connectivity index (χ4v) is 3.99. The van der Waals surface area contributed by atoms with Crippen LogP contribution in [0.5, 0.6) is 5.75 Å². The van der Waals surface area contributed by atoms with E-state index in [2.05, 4.69) is 5.32 Å². The van der Waals surface area contributed by atoms with Gasteiger partial charge in [0.2, 0.25) is 5.91 Å². The minimum Gasteiger partial charge on any atom is -0.490 e. The fraction of sp³-hybridized carbons (Fsp3) is 0.391. The van der Waals surface area contributed by atoms with Crippen LogP contribution in [0.1, 0.15) is 42.6 Å². The maximum absolute atomic E-state index is 13.5. The molecule has 30 heavy (non-hydrogen) atoms. The Labute approximate surface area is 181 Å². The van der Waals surface area contributed by atoms with Gasteiger partial charge in [-0.2, -0.15) is 0 Å². The average Bonchev–Trinajstić information content (AvgIpc) is 2.74. The second-order valence-corrected chi connectivity index (χ2v) is 7.90. The summed E-state index contributed by atoms with van der Waals surface area (Å²) in [6.07, 6.45) is 0.918. The molecule has 0 atom stereocenters. The minimum atomic E-state index is -0.810. The summed E-state index contributed by atoms with van der Waals surface area (Å²) in [6.45, 7) is 4.67. The zero-order valence-corrected chi connectivity index (χ0v) is 18.1. The van der Waals surface area contributed by atoms with Crippen LogP contribution in [0.3, 0.4) is 0 Å². The number of nitrogens with one attached hydrogen (secondary N) is 1. The Morgan fingerprint density at radius 2 is 1.83 bits per heavy atom. The smallest absolute Gasteiger partial charge is 0.341 e. The monoisotopic (exact) mass is 431 g/mol. The topological polar surface area (TPSA) is 73.9 Å². The van der Waals surface area contributed by atoms with Crippen molar-refractivity contribution in [2.24, 2.45) is 0 Å². The van der Waals surface area contributed by atoms with Gasteiger partial charge >= 0.3 is 5.97 Å². The first-order valence-electron chi connectivity index (χ1n) is 9.90. The normalized spacial score (nSPS) is 15.5. The number of methoxy groups -OCH3 is 1. The quantitative estimate of drug-likeness (QED) is 0.676. The molecule has 1 saturated heterocycles. The molecule has 1 aliphatic heterocycles. The maximum Gasteiger partial charge on any atom is 0.341 e. The van der Waals surface area contributed by atoms with E-state index in [9.17, 15) is 9.59 Å². The molecule has 6 nitrogen and oxygen atoms in total. The van der Waals surface area contributed by atoms with Gasteiger partial charge in [-0.05, 0) is 56.5 Å². The van der Waals surface area contributed by atoms with E-state index in [-0.39, 0.29) is 17.6 Å². The Bertz CT molecular complexity index is 922. The molecule has 160 valence electrons. The second-order valence-electron chi connectivity index (χ2n) is 7.50. The van der Waals surface area contributed by atoms with Gasteiger partial charge < -0.3 is 19.5 Å². The second kappa shape index (κ2) is 9.49. The van der Waals surface area contributed by atoms with Crippen molar-refractivity contribution in [2.45, 2.75) is 38.2 Å². The first-order chi connectivity index (χ1) is 14.4. The molecular formula is C23H26ClNO5. The zero-order valence-electron chi connectivity index (χ0n) is 17.4. The maximum atomic E-state index is 13.5. The van der Waals surface area contributed by atoms with E-state index in [1.807, 2.05) is 32.0 Å². The van der Waals surface area contributed by atoms with Crippen LogP contribution in [0, 0.1) is 0 Å². The number of anilines is 1. The van der Waals surface area contributed by atoms with Gasteiger partial charge in [-0.25, -0.2) is 4.79 Å². The van der Waals surface area contributed by atoms with Gasteiger partial charge in [-0.3, -0.25) is 4.79 Å². The summed E-state index contributed by atoms with van der Waals surface area (Å²) in [6, 6.07) is 12.3. The van der Waals surface area contributed by atoms with E-state index in [0.717, 1.165) is 5.56 Å². The van der Waals surface area contributed by atoms with Crippen LogP contribution in [0.4, 0.5) is 5.69 Å².